The number of carbonyl (C=O) groups is 2. The van der Waals surface area contributed by atoms with Crippen molar-refractivity contribution >= 4 is 34.2 Å². The number of fused-ring (bicyclic) bond motifs is 1. The monoisotopic (exact) mass is 452 g/mol. The van der Waals surface area contributed by atoms with Crippen molar-refractivity contribution in [1.29, 1.82) is 0 Å². The number of halogens is 1. The average molecular weight is 453 g/mol. The first-order chi connectivity index (χ1) is 15.4. The highest BCUT2D eigenvalue weighted by Gasteiger charge is 2.34. The van der Waals surface area contributed by atoms with Crippen LogP contribution in [0.1, 0.15) is 12.5 Å². The van der Waals surface area contributed by atoms with Crippen LogP contribution >= 0.6 is 11.6 Å². The zero-order valence-electron chi connectivity index (χ0n) is 18.1. The van der Waals surface area contributed by atoms with Crippen LogP contribution in [0.5, 0.6) is 11.5 Å². The van der Waals surface area contributed by atoms with E-state index in [1.54, 1.807) is 19.2 Å². The number of carbonyl (C=O) groups excluding carboxylic acids is 2. The molecule has 1 aliphatic heterocycles. The highest BCUT2D eigenvalue weighted by atomic mass is 35.5. The van der Waals surface area contributed by atoms with Gasteiger partial charge >= 0.3 is 6.09 Å². The van der Waals surface area contributed by atoms with E-state index in [0.717, 1.165) is 22.1 Å². The Hall–Kier alpha value is -3.09. The van der Waals surface area contributed by atoms with Gasteiger partial charge in [-0.25, -0.2) is 4.79 Å². The molecule has 0 radical (unpaired) electrons. The first kappa shape index (κ1) is 22.1. The third kappa shape index (κ3) is 5.03. The van der Waals surface area contributed by atoms with Crippen molar-refractivity contribution in [1.82, 2.24) is 9.80 Å². The van der Waals surface area contributed by atoms with E-state index in [-0.39, 0.29) is 5.78 Å². The highest BCUT2D eigenvalue weighted by Crippen LogP contribution is 2.26. The van der Waals surface area contributed by atoms with Crippen LogP contribution in [0.2, 0.25) is 5.02 Å². The van der Waals surface area contributed by atoms with E-state index in [2.05, 4.69) is 4.90 Å². The summed E-state index contributed by atoms with van der Waals surface area (Å²) in [5.41, 5.74) is 1.11. The lowest BCUT2D eigenvalue weighted by Crippen LogP contribution is -2.58. The van der Waals surface area contributed by atoms with Crippen LogP contribution in [0, 0.1) is 0 Å². The largest absolute Gasteiger partial charge is 0.497 e. The first-order valence-corrected chi connectivity index (χ1v) is 10.8. The van der Waals surface area contributed by atoms with Crippen LogP contribution in [0.25, 0.3) is 10.8 Å². The Morgan fingerprint density at radius 3 is 2.34 bits per heavy atom. The molecular weight excluding hydrogens is 428 g/mol. The van der Waals surface area contributed by atoms with E-state index in [9.17, 15) is 9.59 Å². The van der Waals surface area contributed by atoms with Crippen LogP contribution in [0.15, 0.2) is 60.7 Å². The lowest BCUT2D eigenvalue weighted by molar-refractivity contribution is -0.123. The molecule has 4 rings (SSSR count). The zero-order valence-corrected chi connectivity index (χ0v) is 18.8. The molecule has 0 saturated carbocycles. The summed E-state index contributed by atoms with van der Waals surface area (Å²) in [5.74, 6) is 1.10. The van der Waals surface area contributed by atoms with Gasteiger partial charge in [-0.2, -0.15) is 0 Å². The summed E-state index contributed by atoms with van der Waals surface area (Å²) >= 11 is 5.96. The number of rotatable bonds is 5. The van der Waals surface area contributed by atoms with Gasteiger partial charge in [0.2, 0.25) is 0 Å². The molecule has 0 bridgehead atoms. The van der Waals surface area contributed by atoms with E-state index < -0.39 is 12.1 Å². The van der Waals surface area contributed by atoms with Gasteiger partial charge in [0.25, 0.3) is 0 Å². The normalized spacial score (nSPS) is 16.7. The minimum absolute atomic E-state index is 0.0639. The molecule has 32 heavy (non-hydrogen) atoms. The van der Waals surface area contributed by atoms with E-state index in [1.807, 2.05) is 48.5 Å². The number of nitrogens with zero attached hydrogens (tertiary/aromatic N) is 2. The summed E-state index contributed by atoms with van der Waals surface area (Å²) in [7, 11) is 1.61. The number of ketones is 1. The predicted octanol–water partition coefficient (Wildman–Crippen LogP) is 4.78. The fourth-order valence-corrected chi connectivity index (χ4v) is 4.08. The van der Waals surface area contributed by atoms with Crippen LogP contribution in [0.3, 0.4) is 0 Å². The number of benzene rings is 3. The summed E-state index contributed by atoms with van der Waals surface area (Å²) in [6, 6.07) is 18.3. The second-order valence-electron chi connectivity index (χ2n) is 7.92. The highest BCUT2D eigenvalue weighted by molar-refractivity contribution is 6.30. The number of hydrogen-bond donors (Lipinski definition) is 0. The zero-order chi connectivity index (χ0) is 22.7. The molecule has 1 saturated heterocycles. The van der Waals surface area contributed by atoms with Crippen LogP contribution in [0.4, 0.5) is 4.79 Å². The minimum atomic E-state index is -0.552. The molecule has 0 N–H and O–H groups in total. The summed E-state index contributed by atoms with van der Waals surface area (Å²) in [4.78, 5) is 29.0. The van der Waals surface area contributed by atoms with Crippen molar-refractivity contribution in [2.45, 2.75) is 19.5 Å². The van der Waals surface area contributed by atoms with Crippen molar-refractivity contribution in [3.63, 3.8) is 0 Å². The molecule has 1 fully saturated rings. The van der Waals surface area contributed by atoms with Gasteiger partial charge in [-0.1, -0.05) is 35.9 Å². The number of hydrogen-bond acceptors (Lipinski definition) is 5. The quantitative estimate of drug-likeness (QED) is 0.557. The smallest absolute Gasteiger partial charge is 0.415 e. The lowest BCUT2D eigenvalue weighted by Gasteiger charge is -2.39. The van der Waals surface area contributed by atoms with Crippen LogP contribution in [-0.4, -0.2) is 54.5 Å². The fraction of sp³-hybridized carbons (Fsp3) is 0.280. The molecule has 1 atom stereocenters. The van der Waals surface area contributed by atoms with Gasteiger partial charge in [-0.05, 0) is 59.7 Å². The second-order valence-corrected chi connectivity index (χ2v) is 8.36. The summed E-state index contributed by atoms with van der Waals surface area (Å²) in [6.07, 6.45) is -0.515. The maximum absolute atomic E-state index is 12.9. The molecule has 6 nitrogen and oxygen atoms in total. The molecule has 7 heteroatoms. The standard InChI is InChI=1S/C25H25ClN2O4/c1-17(29)24-16-27(15-18-3-7-21(26)8-4-18)11-12-28(24)25(30)32-23-10-6-19-5-9-22(31-2)13-20(19)14-23/h3-10,13-14,24H,11-12,15-16H2,1-2H3. The lowest BCUT2D eigenvalue weighted by atomic mass is 10.1. The van der Waals surface area contributed by atoms with Gasteiger partial charge < -0.3 is 9.47 Å². The van der Waals surface area contributed by atoms with Crippen molar-refractivity contribution in [2.24, 2.45) is 0 Å². The number of amides is 1. The van der Waals surface area contributed by atoms with Crippen molar-refractivity contribution in [3.8, 4) is 11.5 Å². The van der Waals surface area contributed by atoms with E-state index >= 15 is 0 Å². The summed E-state index contributed by atoms with van der Waals surface area (Å²) < 4.78 is 10.9. The Morgan fingerprint density at radius 2 is 1.66 bits per heavy atom. The third-order valence-corrected chi connectivity index (χ3v) is 5.96. The Balaban J connectivity index is 1.45. The van der Waals surface area contributed by atoms with Gasteiger partial charge in [0.1, 0.15) is 17.5 Å². The van der Waals surface area contributed by atoms with E-state index in [4.69, 9.17) is 21.1 Å². The number of piperazine rings is 1. The first-order valence-electron chi connectivity index (χ1n) is 10.5. The van der Waals surface area contributed by atoms with Gasteiger partial charge in [-0.3, -0.25) is 14.6 Å². The van der Waals surface area contributed by atoms with Gasteiger partial charge in [0, 0.05) is 31.2 Å². The Morgan fingerprint density at radius 1 is 0.969 bits per heavy atom. The maximum Gasteiger partial charge on any atom is 0.415 e. The molecule has 3 aromatic rings. The molecule has 1 amide bonds. The third-order valence-electron chi connectivity index (χ3n) is 5.71. The number of Topliss-reactive ketones (excluding diaryl/α,β-unsaturated/α-hetero) is 1. The number of methoxy groups -OCH3 is 1. The SMILES string of the molecule is COc1ccc2ccc(OC(=O)N3CCN(Cc4ccc(Cl)cc4)CC3C(C)=O)cc2c1. The van der Waals surface area contributed by atoms with Gasteiger partial charge in [0.05, 0.1) is 7.11 Å². The molecule has 0 spiro atoms. The second kappa shape index (κ2) is 9.59. The molecule has 1 heterocycles. The fourth-order valence-electron chi connectivity index (χ4n) is 3.95. The Labute approximate surface area is 192 Å². The Kier molecular flexibility index (Phi) is 6.63. The molecule has 3 aromatic carbocycles. The molecule has 166 valence electrons. The molecular formula is C25H25ClN2O4. The molecule has 0 aromatic heterocycles. The van der Waals surface area contributed by atoms with Crippen LogP contribution in [-0.2, 0) is 11.3 Å². The summed E-state index contributed by atoms with van der Waals surface area (Å²) in [6.45, 7) is 3.73. The minimum Gasteiger partial charge on any atom is -0.497 e. The van der Waals surface area contributed by atoms with Crippen molar-refractivity contribution in [3.05, 3.63) is 71.2 Å². The Bertz CT molecular complexity index is 1130. The van der Waals surface area contributed by atoms with Crippen molar-refractivity contribution < 1.29 is 19.1 Å². The van der Waals surface area contributed by atoms with E-state index in [1.165, 1.54) is 11.8 Å². The topological polar surface area (TPSA) is 59.1 Å². The average Bonchev–Trinajstić information content (AvgIpc) is 2.80. The maximum atomic E-state index is 12.9. The van der Waals surface area contributed by atoms with Gasteiger partial charge in [0.15, 0.2) is 5.78 Å². The van der Waals surface area contributed by atoms with E-state index in [0.29, 0.717) is 37.0 Å². The predicted molar refractivity (Wildman–Crippen MR) is 124 cm³/mol. The summed E-state index contributed by atoms with van der Waals surface area (Å²) in [5, 5.41) is 2.61. The molecule has 1 aliphatic rings. The molecule has 1 unspecified atom stereocenters. The number of ether oxygens (including phenoxy) is 2. The van der Waals surface area contributed by atoms with Crippen LogP contribution < -0.4 is 9.47 Å². The van der Waals surface area contributed by atoms with Gasteiger partial charge in [-0.15, -0.1) is 0 Å². The van der Waals surface area contributed by atoms with Crippen molar-refractivity contribution in [2.75, 3.05) is 26.7 Å². The molecule has 0 aliphatic carbocycles.